The second-order valence-corrected chi connectivity index (χ2v) is 5.25. The van der Waals surface area contributed by atoms with E-state index in [4.69, 9.17) is 4.74 Å². The van der Waals surface area contributed by atoms with Crippen molar-refractivity contribution < 1.29 is 28.7 Å². The topological polar surface area (TPSA) is 123 Å². The minimum Gasteiger partial charge on any atom is -0.497 e. The molecule has 0 aliphatic heterocycles. The lowest BCUT2D eigenvalue weighted by molar-refractivity contribution is -0.147. The van der Waals surface area contributed by atoms with Crippen molar-refractivity contribution in [2.45, 2.75) is 19.9 Å². The molecule has 1 aromatic rings. The summed E-state index contributed by atoms with van der Waals surface area (Å²) in [7, 11) is 1.47. The van der Waals surface area contributed by atoms with Crippen LogP contribution in [-0.2, 0) is 14.3 Å². The predicted octanol–water partition coefficient (Wildman–Crippen LogP) is 0.202. The second kappa shape index (κ2) is 9.91. The van der Waals surface area contributed by atoms with E-state index in [1.807, 2.05) is 5.32 Å². The molecule has 136 valence electrons. The van der Waals surface area contributed by atoms with Crippen molar-refractivity contribution in [3.8, 4) is 5.75 Å². The first-order valence-electron chi connectivity index (χ1n) is 7.50. The highest BCUT2D eigenvalue weighted by Gasteiger charge is 2.13. The minimum absolute atomic E-state index is 0.137. The van der Waals surface area contributed by atoms with Gasteiger partial charge in [0.2, 0.25) is 0 Å². The van der Waals surface area contributed by atoms with Gasteiger partial charge in [-0.2, -0.15) is 0 Å². The maximum Gasteiger partial charge on any atom is 0.325 e. The number of rotatable bonds is 7. The van der Waals surface area contributed by atoms with Gasteiger partial charge in [-0.3, -0.25) is 19.7 Å². The third kappa shape index (κ3) is 7.82. The summed E-state index contributed by atoms with van der Waals surface area (Å²) in [6.07, 6.45) is 0. The maximum atomic E-state index is 11.9. The van der Waals surface area contributed by atoms with Crippen LogP contribution in [0, 0.1) is 0 Å². The first-order valence-corrected chi connectivity index (χ1v) is 7.50. The van der Waals surface area contributed by atoms with Crippen LogP contribution in [0.4, 0.5) is 4.79 Å². The largest absolute Gasteiger partial charge is 0.497 e. The Bertz CT molecular complexity index is 645. The molecule has 9 heteroatoms. The van der Waals surface area contributed by atoms with Gasteiger partial charge in [0.1, 0.15) is 12.3 Å². The summed E-state index contributed by atoms with van der Waals surface area (Å²) >= 11 is 0. The van der Waals surface area contributed by atoms with E-state index in [0.717, 1.165) is 0 Å². The number of nitrogens with one attached hydrogen (secondary N) is 3. The Labute approximate surface area is 145 Å². The standard InChI is InChI=1S/C16H21N3O6/c1-10(2)18-16(23)19-13(20)9-25-14(21)8-17-15(22)11-5-4-6-12(7-11)24-3/h4-7,10H,8-9H2,1-3H3,(H,17,22)(H2,18,19,20,23). The summed E-state index contributed by atoms with van der Waals surface area (Å²) < 4.78 is 9.67. The monoisotopic (exact) mass is 351 g/mol. The molecule has 4 amide bonds. The van der Waals surface area contributed by atoms with Crippen LogP contribution in [0.2, 0.25) is 0 Å². The molecule has 0 fully saturated rings. The molecule has 9 nitrogen and oxygen atoms in total. The van der Waals surface area contributed by atoms with E-state index in [-0.39, 0.29) is 6.04 Å². The molecule has 1 rings (SSSR count). The molecule has 0 aliphatic rings. The fraction of sp³-hybridized carbons (Fsp3) is 0.375. The number of hydrogen-bond acceptors (Lipinski definition) is 6. The summed E-state index contributed by atoms with van der Waals surface area (Å²) in [5.74, 6) is -1.57. The quantitative estimate of drug-likeness (QED) is 0.603. The Morgan fingerprint density at radius 1 is 1.16 bits per heavy atom. The molecule has 0 saturated carbocycles. The van der Waals surface area contributed by atoms with E-state index in [1.54, 1.807) is 32.0 Å². The molecule has 0 unspecified atom stereocenters. The van der Waals surface area contributed by atoms with E-state index < -0.39 is 37.0 Å². The number of carbonyl (C=O) groups excluding carboxylic acids is 4. The normalized spacial score (nSPS) is 9.92. The summed E-state index contributed by atoms with van der Waals surface area (Å²) in [4.78, 5) is 46.1. The number of benzene rings is 1. The molecule has 0 aromatic heterocycles. The van der Waals surface area contributed by atoms with Crippen LogP contribution < -0.4 is 20.7 Å². The highest BCUT2D eigenvalue weighted by Crippen LogP contribution is 2.12. The van der Waals surface area contributed by atoms with Crippen molar-refractivity contribution in [2.75, 3.05) is 20.3 Å². The lowest BCUT2D eigenvalue weighted by Gasteiger charge is -2.10. The Morgan fingerprint density at radius 3 is 2.52 bits per heavy atom. The lowest BCUT2D eigenvalue weighted by atomic mass is 10.2. The molecule has 0 bridgehead atoms. The SMILES string of the molecule is COc1cccc(C(=O)NCC(=O)OCC(=O)NC(=O)NC(C)C)c1. The molecule has 25 heavy (non-hydrogen) atoms. The van der Waals surface area contributed by atoms with E-state index >= 15 is 0 Å². The number of methoxy groups -OCH3 is 1. The molecule has 1 aromatic carbocycles. The van der Waals surface area contributed by atoms with E-state index in [1.165, 1.54) is 13.2 Å². The fourth-order valence-corrected chi connectivity index (χ4v) is 1.68. The third-order valence-corrected chi connectivity index (χ3v) is 2.76. The lowest BCUT2D eigenvalue weighted by Crippen LogP contribution is -2.44. The van der Waals surface area contributed by atoms with Crippen molar-refractivity contribution in [1.82, 2.24) is 16.0 Å². The van der Waals surface area contributed by atoms with Gasteiger partial charge >= 0.3 is 12.0 Å². The third-order valence-electron chi connectivity index (χ3n) is 2.76. The average Bonchev–Trinajstić information content (AvgIpc) is 2.57. The van der Waals surface area contributed by atoms with Crippen LogP contribution in [0.1, 0.15) is 24.2 Å². The molecule has 0 heterocycles. The van der Waals surface area contributed by atoms with Crippen molar-refractivity contribution in [1.29, 1.82) is 0 Å². The van der Waals surface area contributed by atoms with E-state index in [2.05, 4.69) is 15.4 Å². The number of hydrogen-bond donors (Lipinski definition) is 3. The van der Waals surface area contributed by atoms with Crippen LogP contribution in [0.25, 0.3) is 0 Å². The second-order valence-electron chi connectivity index (χ2n) is 5.25. The summed E-state index contributed by atoms with van der Waals surface area (Å²) in [6.45, 7) is 2.42. The highest BCUT2D eigenvalue weighted by molar-refractivity contribution is 5.97. The van der Waals surface area contributed by atoms with Crippen molar-refractivity contribution in [3.63, 3.8) is 0 Å². The Kier molecular flexibility index (Phi) is 7.91. The van der Waals surface area contributed by atoms with E-state index in [0.29, 0.717) is 11.3 Å². The van der Waals surface area contributed by atoms with Gasteiger partial charge in [-0.05, 0) is 32.0 Å². The summed E-state index contributed by atoms with van der Waals surface area (Å²) in [5, 5.41) is 6.81. The first kappa shape index (κ1) is 19.9. The van der Waals surface area contributed by atoms with Gasteiger partial charge < -0.3 is 20.1 Å². The molecule has 0 radical (unpaired) electrons. The Hall–Kier alpha value is -3.10. The Balaban J connectivity index is 2.33. The molecule has 0 aliphatic carbocycles. The zero-order valence-corrected chi connectivity index (χ0v) is 14.3. The van der Waals surface area contributed by atoms with Crippen LogP contribution >= 0.6 is 0 Å². The number of amides is 4. The van der Waals surface area contributed by atoms with Gasteiger partial charge in [-0.15, -0.1) is 0 Å². The van der Waals surface area contributed by atoms with Gasteiger partial charge in [0.15, 0.2) is 6.61 Å². The van der Waals surface area contributed by atoms with Gasteiger partial charge in [-0.1, -0.05) is 6.07 Å². The number of ether oxygens (including phenoxy) is 2. The van der Waals surface area contributed by atoms with Gasteiger partial charge in [0, 0.05) is 11.6 Å². The van der Waals surface area contributed by atoms with Crippen molar-refractivity contribution >= 4 is 23.8 Å². The van der Waals surface area contributed by atoms with Gasteiger partial charge in [-0.25, -0.2) is 4.79 Å². The van der Waals surface area contributed by atoms with Gasteiger partial charge in [0.05, 0.1) is 7.11 Å². The number of esters is 1. The maximum absolute atomic E-state index is 11.9. The molecule has 0 saturated heterocycles. The van der Waals surface area contributed by atoms with Crippen LogP contribution in [0.5, 0.6) is 5.75 Å². The van der Waals surface area contributed by atoms with Gasteiger partial charge in [0.25, 0.3) is 11.8 Å². The zero-order valence-electron chi connectivity index (χ0n) is 14.3. The molecule has 0 atom stereocenters. The number of urea groups is 1. The molecular weight excluding hydrogens is 330 g/mol. The van der Waals surface area contributed by atoms with Crippen LogP contribution in [0.15, 0.2) is 24.3 Å². The Morgan fingerprint density at radius 2 is 1.88 bits per heavy atom. The number of imide groups is 1. The van der Waals surface area contributed by atoms with Crippen LogP contribution in [-0.4, -0.2) is 50.1 Å². The molecular formula is C16H21N3O6. The van der Waals surface area contributed by atoms with Crippen LogP contribution in [0.3, 0.4) is 0 Å². The summed E-state index contributed by atoms with van der Waals surface area (Å²) in [5.41, 5.74) is 0.315. The van der Waals surface area contributed by atoms with E-state index in [9.17, 15) is 19.2 Å². The molecule has 0 spiro atoms. The predicted molar refractivity (Wildman–Crippen MR) is 88.1 cm³/mol. The van der Waals surface area contributed by atoms with Crippen molar-refractivity contribution in [3.05, 3.63) is 29.8 Å². The highest BCUT2D eigenvalue weighted by atomic mass is 16.5. The minimum atomic E-state index is -0.810. The first-order chi connectivity index (χ1) is 11.8. The smallest absolute Gasteiger partial charge is 0.325 e. The zero-order chi connectivity index (χ0) is 18.8. The number of carbonyl (C=O) groups is 4. The fourth-order valence-electron chi connectivity index (χ4n) is 1.68. The van der Waals surface area contributed by atoms with Crippen molar-refractivity contribution in [2.24, 2.45) is 0 Å². The summed E-state index contributed by atoms with van der Waals surface area (Å²) in [6, 6.07) is 5.58. The molecule has 3 N–H and O–H groups in total. The average molecular weight is 351 g/mol.